The number of morpholine rings is 1. The number of rotatable bonds is 4. The minimum atomic E-state index is -0.183. The molecule has 0 aliphatic carbocycles. The van der Waals surface area contributed by atoms with Crippen molar-refractivity contribution in [2.24, 2.45) is 0 Å². The first kappa shape index (κ1) is 15.6. The van der Waals surface area contributed by atoms with Gasteiger partial charge >= 0.3 is 0 Å². The number of hydrogen-bond acceptors (Lipinski definition) is 5. The number of aryl methyl sites for hydroxylation is 1. The Morgan fingerprint density at radius 3 is 2.87 bits per heavy atom. The van der Waals surface area contributed by atoms with Gasteiger partial charge in [-0.1, -0.05) is 18.2 Å². The van der Waals surface area contributed by atoms with Crippen molar-refractivity contribution in [1.82, 2.24) is 14.9 Å². The molecule has 1 aliphatic heterocycles. The summed E-state index contributed by atoms with van der Waals surface area (Å²) in [5.74, 6) is -0.183. The molecule has 1 aromatic heterocycles. The molecule has 1 aliphatic rings. The van der Waals surface area contributed by atoms with Crippen LogP contribution in [0.3, 0.4) is 0 Å². The highest BCUT2D eigenvalue weighted by Gasteiger charge is 2.15. The van der Waals surface area contributed by atoms with Crippen molar-refractivity contribution in [3.05, 3.63) is 53.6 Å². The number of ether oxygens (including phenoxy) is 1. The third-order valence-electron chi connectivity index (χ3n) is 3.92. The zero-order valence-corrected chi connectivity index (χ0v) is 13.2. The third kappa shape index (κ3) is 3.91. The molecule has 1 amide bonds. The maximum Gasteiger partial charge on any atom is 0.259 e. The molecule has 0 bridgehead atoms. The summed E-state index contributed by atoms with van der Waals surface area (Å²) in [6, 6.07) is 7.88. The van der Waals surface area contributed by atoms with E-state index in [1.807, 2.05) is 24.3 Å². The van der Waals surface area contributed by atoms with Crippen LogP contribution in [-0.2, 0) is 11.3 Å². The Bertz CT molecular complexity index is 684. The van der Waals surface area contributed by atoms with Gasteiger partial charge in [0.2, 0.25) is 0 Å². The fraction of sp³-hybridized carbons (Fsp3) is 0.353. The molecule has 3 rings (SSSR count). The Balaban J connectivity index is 1.75. The quantitative estimate of drug-likeness (QED) is 0.933. The topological polar surface area (TPSA) is 67.4 Å². The first-order valence-corrected chi connectivity index (χ1v) is 7.70. The standard InChI is InChI=1S/C17H20N4O2/c1-13-15(10-18-12-19-13)17(22)20-16-5-3-2-4-14(16)11-21-6-8-23-9-7-21/h2-5,10,12H,6-9,11H2,1H3,(H,20,22). The van der Waals surface area contributed by atoms with Crippen LogP contribution in [-0.4, -0.2) is 47.1 Å². The Hall–Kier alpha value is -2.31. The molecular weight excluding hydrogens is 292 g/mol. The van der Waals surface area contributed by atoms with Crippen molar-refractivity contribution in [2.75, 3.05) is 31.6 Å². The molecule has 0 unspecified atom stereocenters. The Labute approximate surface area is 135 Å². The fourth-order valence-corrected chi connectivity index (χ4v) is 2.58. The maximum absolute atomic E-state index is 12.5. The lowest BCUT2D eigenvalue weighted by Crippen LogP contribution is -2.35. The van der Waals surface area contributed by atoms with Crippen LogP contribution in [0.2, 0.25) is 0 Å². The smallest absolute Gasteiger partial charge is 0.259 e. The lowest BCUT2D eigenvalue weighted by Gasteiger charge is -2.27. The van der Waals surface area contributed by atoms with E-state index in [1.165, 1.54) is 6.33 Å². The third-order valence-corrected chi connectivity index (χ3v) is 3.92. The second-order valence-electron chi connectivity index (χ2n) is 5.52. The summed E-state index contributed by atoms with van der Waals surface area (Å²) in [7, 11) is 0. The Morgan fingerprint density at radius 1 is 1.30 bits per heavy atom. The number of benzene rings is 1. The lowest BCUT2D eigenvalue weighted by atomic mass is 10.1. The highest BCUT2D eigenvalue weighted by atomic mass is 16.5. The van der Waals surface area contributed by atoms with Crippen molar-refractivity contribution >= 4 is 11.6 Å². The van der Waals surface area contributed by atoms with Crippen LogP contribution in [0.4, 0.5) is 5.69 Å². The zero-order chi connectivity index (χ0) is 16.1. The molecule has 1 fully saturated rings. The van der Waals surface area contributed by atoms with E-state index >= 15 is 0 Å². The van der Waals surface area contributed by atoms with Crippen molar-refractivity contribution < 1.29 is 9.53 Å². The average molecular weight is 312 g/mol. The molecule has 6 nitrogen and oxygen atoms in total. The van der Waals surface area contributed by atoms with Gasteiger partial charge in [0.05, 0.1) is 24.5 Å². The van der Waals surface area contributed by atoms with Gasteiger partial charge in [-0.25, -0.2) is 9.97 Å². The van der Waals surface area contributed by atoms with Crippen molar-refractivity contribution in [1.29, 1.82) is 0 Å². The number of hydrogen-bond donors (Lipinski definition) is 1. The van der Waals surface area contributed by atoms with Gasteiger partial charge in [0.25, 0.3) is 5.91 Å². The molecule has 1 saturated heterocycles. The summed E-state index contributed by atoms with van der Waals surface area (Å²) < 4.78 is 5.38. The molecule has 0 radical (unpaired) electrons. The number of para-hydroxylation sites is 1. The summed E-state index contributed by atoms with van der Waals surface area (Å²) in [5.41, 5.74) is 3.08. The SMILES string of the molecule is Cc1ncncc1C(=O)Nc1ccccc1CN1CCOCC1. The molecule has 1 N–H and O–H groups in total. The summed E-state index contributed by atoms with van der Waals surface area (Å²) in [6.45, 7) is 5.94. The first-order chi connectivity index (χ1) is 11.2. The number of anilines is 1. The number of aromatic nitrogens is 2. The molecule has 2 heterocycles. The first-order valence-electron chi connectivity index (χ1n) is 7.70. The highest BCUT2D eigenvalue weighted by molar-refractivity contribution is 6.05. The van der Waals surface area contributed by atoms with E-state index < -0.39 is 0 Å². The zero-order valence-electron chi connectivity index (χ0n) is 13.2. The summed E-state index contributed by atoms with van der Waals surface area (Å²) in [4.78, 5) is 22.8. The van der Waals surface area contributed by atoms with E-state index in [0.29, 0.717) is 11.3 Å². The van der Waals surface area contributed by atoms with Crippen LogP contribution in [0.15, 0.2) is 36.8 Å². The number of nitrogens with zero attached hydrogens (tertiary/aromatic N) is 3. The van der Waals surface area contributed by atoms with Crippen molar-refractivity contribution in [3.8, 4) is 0 Å². The van der Waals surface area contributed by atoms with Gasteiger partial charge in [0.15, 0.2) is 0 Å². The van der Waals surface area contributed by atoms with Gasteiger partial charge in [-0.2, -0.15) is 0 Å². The predicted molar refractivity (Wildman–Crippen MR) is 87.3 cm³/mol. The Morgan fingerprint density at radius 2 is 2.09 bits per heavy atom. The van der Waals surface area contributed by atoms with Crippen LogP contribution in [0.25, 0.3) is 0 Å². The monoisotopic (exact) mass is 312 g/mol. The highest BCUT2D eigenvalue weighted by Crippen LogP contribution is 2.19. The molecule has 1 aromatic carbocycles. The van der Waals surface area contributed by atoms with Crippen molar-refractivity contribution in [2.45, 2.75) is 13.5 Å². The van der Waals surface area contributed by atoms with E-state index in [1.54, 1.807) is 13.1 Å². The summed E-state index contributed by atoms with van der Waals surface area (Å²) in [6.07, 6.45) is 2.99. The van der Waals surface area contributed by atoms with E-state index in [9.17, 15) is 4.79 Å². The van der Waals surface area contributed by atoms with E-state index in [0.717, 1.165) is 44.1 Å². The molecule has 0 spiro atoms. The molecule has 23 heavy (non-hydrogen) atoms. The number of carbonyl (C=O) groups is 1. The molecule has 6 heteroatoms. The second-order valence-corrected chi connectivity index (χ2v) is 5.52. The van der Waals surface area contributed by atoms with E-state index in [4.69, 9.17) is 4.74 Å². The van der Waals surface area contributed by atoms with Gasteiger partial charge in [-0.05, 0) is 18.6 Å². The van der Waals surface area contributed by atoms with Gasteiger partial charge in [0.1, 0.15) is 6.33 Å². The molecule has 0 atom stereocenters. The fourth-order valence-electron chi connectivity index (χ4n) is 2.58. The van der Waals surface area contributed by atoms with Crippen LogP contribution in [0.5, 0.6) is 0 Å². The largest absolute Gasteiger partial charge is 0.379 e. The number of carbonyl (C=O) groups excluding carboxylic acids is 1. The molecular formula is C17H20N4O2. The van der Waals surface area contributed by atoms with Gasteiger partial charge in [-0.15, -0.1) is 0 Å². The van der Waals surface area contributed by atoms with Crippen molar-refractivity contribution in [3.63, 3.8) is 0 Å². The normalized spacial score (nSPS) is 15.3. The van der Waals surface area contributed by atoms with E-state index in [2.05, 4.69) is 20.2 Å². The number of amides is 1. The van der Waals surface area contributed by atoms with E-state index in [-0.39, 0.29) is 5.91 Å². The van der Waals surface area contributed by atoms with Crippen LogP contribution in [0.1, 0.15) is 21.6 Å². The minimum Gasteiger partial charge on any atom is -0.379 e. The summed E-state index contributed by atoms with van der Waals surface area (Å²) >= 11 is 0. The maximum atomic E-state index is 12.5. The van der Waals surface area contributed by atoms with Crippen LogP contribution in [0, 0.1) is 6.92 Å². The minimum absolute atomic E-state index is 0.183. The lowest BCUT2D eigenvalue weighted by molar-refractivity contribution is 0.0342. The van der Waals surface area contributed by atoms with Crippen LogP contribution >= 0.6 is 0 Å². The predicted octanol–water partition coefficient (Wildman–Crippen LogP) is 1.87. The van der Waals surface area contributed by atoms with Gasteiger partial charge in [-0.3, -0.25) is 9.69 Å². The van der Waals surface area contributed by atoms with Gasteiger partial charge in [0, 0.05) is 31.5 Å². The molecule has 2 aromatic rings. The second kappa shape index (κ2) is 7.30. The molecule has 0 saturated carbocycles. The molecule has 120 valence electrons. The summed E-state index contributed by atoms with van der Waals surface area (Å²) in [5, 5.41) is 2.98. The average Bonchev–Trinajstić information content (AvgIpc) is 2.58. The Kier molecular flexibility index (Phi) is 4.95. The van der Waals surface area contributed by atoms with Gasteiger partial charge < -0.3 is 10.1 Å². The van der Waals surface area contributed by atoms with Crippen LogP contribution < -0.4 is 5.32 Å². The number of nitrogens with one attached hydrogen (secondary N) is 1.